The minimum absolute atomic E-state index is 0.00823. The van der Waals surface area contributed by atoms with E-state index in [2.05, 4.69) is 10.3 Å². The summed E-state index contributed by atoms with van der Waals surface area (Å²) in [6.07, 6.45) is 3.74. The number of Topliss-reactive ketones (excluding diaryl/α,β-unsaturated/α-hetero) is 1. The number of ketones is 1. The first-order valence-corrected chi connectivity index (χ1v) is 5.92. The van der Waals surface area contributed by atoms with Gasteiger partial charge in [-0.1, -0.05) is 5.21 Å². The number of carbonyl (C=O) groups excluding carboxylic acids is 1. The van der Waals surface area contributed by atoms with E-state index in [0.717, 1.165) is 5.69 Å². The summed E-state index contributed by atoms with van der Waals surface area (Å²) < 4.78 is 1.57. The van der Waals surface area contributed by atoms with Crippen LogP contribution >= 0.6 is 0 Å². The van der Waals surface area contributed by atoms with E-state index in [-0.39, 0.29) is 23.2 Å². The van der Waals surface area contributed by atoms with Crippen LogP contribution in [0.2, 0.25) is 0 Å². The number of aromatic nitrogens is 3. The molecule has 1 aromatic rings. The monoisotopic (exact) mass is 264 g/mol. The number of carbonyl (C=O) groups is 2. The number of hydrogen-bond donors (Lipinski definition) is 1. The average Bonchev–Trinajstić information content (AvgIpc) is 3.01. The van der Waals surface area contributed by atoms with Crippen LogP contribution in [-0.4, -0.2) is 50.8 Å². The van der Waals surface area contributed by atoms with E-state index in [0.29, 0.717) is 6.42 Å². The molecule has 1 aliphatic carbocycles. The Morgan fingerprint density at radius 2 is 2.21 bits per heavy atom. The fraction of sp³-hybridized carbons (Fsp3) is 0.500. The lowest BCUT2D eigenvalue weighted by atomic mass is 10.1. The summed E-state index contributed by atoms with van der Waals surface area (Å²) in [5.41, 5.74) is 0.567. The molecule has 102 valence electrons. The number of aliphatic carboxylic acids is 1. The minimum Gasteiger partial charge on any atom is -0.478 e. The molecule has 19 heavy (non-hydrogen) atoms. The van der Waals surface area contributed by atoms with Crippen LogP contribution in [0.3, 0.4) is 0 Å². The van der Waals surface area contributed by atoms with Gasteiger partial charge in [0.15, 0.2) is 5.78 Å². The molecule has 2 rings (SSSR count). The molecule has 0 unspecified atom stereocenters. The Bertz CT molecular complexity index is 547. The number of aryl methyl sites for hydroxylation is 1. The summed E-state index contributed by atoms with van der Waals surface area (Å²) in [6.45, 7) is 0. The lowest BCUT2D eigenvalue weighted by Gasteiger charge is -2.07. The average molecular weight is 264 g/mol. The van der Waals surface area contributed by atoms with E-state index in [4.69, 9.17) is 5.11 Å². The molecule has 0 radical (unpaired) electrons. The fourth-order valence-electron chi connectivity index (χ4n) is 2.03. The first kappa shape index (κ1) is 13.3. The van der Waals surface area contributed by atoms with Gasteiger partial charge in [-0.2, -0.15) is 0 Å². The number of hydrogen-bond acceptors (Lipinski definition) is 5. The Hall–Kier alpha value is -2.18. The molecular weight excluding hydrogens is 248 g/mol. The summed E-state index contributed by atoms with van der Waals surface area (Å²) in [5.74, 6) is -1.83. The van der Waals surface area contributed by atoms with Gasteiger partial charge in [-0.3, -0.25) is 9.48 Å². The van der Waals surface area contributed by atoms with Crippen molar-refractivity contribution in [2.24, 2.45) is 13.0 Å². The Kier molecular flexibility index (Phi) is 3.37. The van der Waals surface area contributed by atoms with Crippen molar-refractivity contribution in [3.8, 4) is 0 Å². The van der Waals surface area contributed by atoms with E-state index in [1.807, 2.05) is 0 Å². The van der Waals surface area contributed by atoms with Crippen molar-refractivity contribution < 1.29 is 14.7 Å². The fourth-order valence-corrected chi connectivity index (χ4v) is 2.03. The predicted molar refractivity (Wildman–Crippen MR) is 66.3 cm³/mol. The third-order valence-corrected chi connectivity index (χ3v) is 3.01. The van der Waals surface area contributed by atoms with Gasteiger partial charge in [-0.25, -0.2) is 4.79 Å². The Morgan fingerprint density at radius 3 is 2.68 bits per heavy atom. The first-order valence-electron chi connectivity index (χ1n) is 5.92. The molecule has 1 aromatic heterocycles. The van der Waals surface area contributed by atoms with E-state index in [9.17, 15) is 9.59 Å². The molecule has 0 bridgehead atoms. The molecule has 1 aliphatic rings. The van der Waals surface area contributed by atoms with Crippen LogP contribution in [0.15, 0.2) is 18.0 Å². The van der Waals surface area contributed by atoms with Crippen LogP contribution in [0.1, 0.15) is 18.0 Å². The second-order valence-corrected chi connectivity index (χ2v) is 4.94. The van der Waals surface area contributed by atoms with Gasteiger partial charge >= 0.3 is 5.97 Å². The molecule has 1 N–H and O–H groups in total. The molecule has 1 fully saturated rings. The lowest BCUT2D eigenvalue weighted by molar-refractivity contribution is -0.135. The Morgan fingerprint density at radius 1 is 1.53 bits per heavy atom. The number of rotatable bonds is 5. The van der Waals surface area contributed by atoms with Crippen LogP contribution in [-0.2, 0) is 16.6 Å². The summed E-state index contributed by atoms with van der Waals surface area (Å²) in [4.78, 5) is 24.8. The van der Waals surface area contributed by atoms with Crippen LogP contribution in [0, 0.1) is 5.92 Å². The van der Waals surface area contributed by atoms with Gasteiger partial charge in [0.05, 0.1) is 5.69 Å². The van der Waals surface area contributed by atoms with Crippen molar-refractivity contribution in [3.05, 3.63) is 23.7 Å². The lowest BCUT2D eigenvalue weighted by Crippen LogP contribution is -2.18. The summed E-state index contributed by atoms with van der Waals surface area (Å²) in [7, 11) is 5.12. The Labute approximate surface area is 110 Å². The zero-order valence-corrected chi connectivity index (χ0v) is 11.1. The second-order valence-electron chi connectivity index (χ2n) is 4.94. The van der Waals surface area contributed by atoms with Gasteiger partial charge in [0, 0.05) is 45.4 Å². The number of carboxylic acid groups (broad SMARTS) is 1. The third kappa shape index (κ3) is 2.81. The van der Waals surface area contributed by atoms with Gasteiger partial charge in [-0.15, -0.1) is 5.10 Å². The van der Waals surface area contributed by atoms with Crippen LogP contribution in [0.4, 0.5) is 0 Å². The van der Waals surface area contributed by atoms with Gasteiger partial charge in [-0.05, 0) is 6.42 Å². The molecule has 0 amide bonds. The predicted octanol–water partition coefficient (Wildman–Crippen LogP) is 0.0178. The van der Waals surface area contributed by atoms with Gasteiger partial charge in [0.25, 0.3) is 0 Å². The summed E-state index contributed by atoms with van der Waals surface area (Å²) in [5, 5.41) is 16.9. The van der Waals surface area contributed by atoms with E-state index in [1.54, 1.807) is 36.9 Å². The molecule has 7 nitrogen and oxygen atoms in total. The molecular formula is C12H16N4O3. The highest BCUT2D eigenvalue weighted by molar-refractivity contribution is 6.18. The smallest absolute Gasteiger partial charge is 0.340 e. The molecule has 1 saturated carbocycles. The van der Waals surface area contributed by atoms with Gasteiger partial charge in [0.1, 0.15) is 5.57 Å². The number of nitrogens with zero attached hydrogens (tertiary/aromatic N) is 4. The van der Waals surface area contributed by atoms with Crippen molar-refractivity contribution in [1.29, 1.82) is 0 Å². The van der Waals surface area contributed by atoms with Crippen LogP contribution < -0.4 is 0 Å². The maximum Gasteiger partial charge on any atom is 0.340 e. The third-order valence-electron chi connectivity index (χ3n) is 3.01. The maximum atomic E-state index is 12.1. The molecule has 0 spiro atoms. The topological polar surface area (TPSA) is 88.3 Å². The summed E-state index contributed by atoms with van der Waals surface area (Å²) in [6, 6.07) is 0. The normalized spacial score (nSPS) is 22.2. The molecule has 0 aliphatic heterocycles. The zero-order valence-electron chi connectivity index (χ0n) is 11.1. The highest BCUT2D eigenvalue weighted by Gasteiger charge is 2.47. The maximum absolute atomic E-state index is 12.1. The van der Waals surface area contributed by atoms with Crippen molar-refractivity contribution in [2.75, 3.05) is 14.1 Å². The molecule has 7 heteroatoms. The van der Waals surface area contributed by atoms with Gasteiger partial charge in [0.2, 0.25) is 0 Å². The molecule has 0 aromatic carbocycles. The highest BCUT2D eigenvalue weighted by Crippen LogP contribution is 2.48. The van der Waals surface area contributed by atoms with Crippen molar-refractivity contribution >= 4 is 11.8 Å². The zero-order chi connectivity index (χ0) is 14.2. The van der Waals surface area contributed by atoms with Crippen molar-refractivity contribution in [3.63, 3.8) is 0 Å². The Balaban J connectivity index is 2.11. The standard InChI is InChI=1S/C12H16N4O3/c1-15(2)5-9(12(18)19)11(17)8-4-7(8)10-6-16(3)14-13-10/h5-8H,4H2,1-3H3,(H,18,19)/t7-,8-/m1/s1. The quantitative estimate of drug-likeness (QED) is 0.458. The largest absolute Gasteiger partial charge is 0.478 e. The van der Waals surface area contributed by atoms with Crippen molar-refractivity contribution in [1.82, 2.24) is 19.9 Å². The number of carboxylic acids is 1. The molecule has 1 heterocycles. The van der Waals surface area contributed by atoms with Gasteiger partial charge < -0.3 is 10.0 Å². The van der Waals surface area contributed by atoms with Crippen LogP contribution in [0.25, 0.3) is 0 Å². The minimum atomic E-state index is -1.19. The van der Waals surface area contributed by atoms with E-state index >= 15 is 0 Å². The highest BCUT2D eigenvalue weighted by atomic mass is 16.4. The molecule has 0 saturated heterocycles. The van der Waals surface area contributed by atoms with E-state index in [1.165, 1.54) is 6.20 Å². The SMILES string of the molecule is CN(C)C=C(C(=O)O)C(=O)[C@@H]1C[C@H]1c1cn(C)nn1. The van der Waals surface area contributed by atoms with Crippen molar-refractivity contribution in [2.45, 2.75) is 12.3 Å². The summed E-state index contributed by atoms with van der Waals surface area (Å²) >= 11 is 0. The first-order chi connectivity index (χ1) is 8.90. The van der Waals surface area contributed by atoms with Crippen LogP contribution in [0.5, 0.6) is 0 Å². The second kappa shape index (κ2) is 4.83. The molecule has 2 atom stereocenters. The van der Waals surface area contributed by atoms with E-state index < -0.39 is 5.97 Å².